The number of amides is 3. The van der Waals surface area contributed by atoms with Crippen LogP contribution in [0.4, 0.5) is 0 Å². The lowest BCUT2D eigenvalue weighted by molar-refractivity contribution is -0.143. The second-order valence-electron chi connectivity index (χ2n) is 8.52. The fourth-order valence-electron chi connectivity index (χ4n) is 3.11. The van der Waals surface area contributed by atoms with E-state index in [9.17, 15) is 24.3 Å². The topological polar surface area (TPSA) is 279 Å². The van der Waals surface area contributed by atoms with E-state index in [1.165, 1.54) is 0 Å². The fraction of sp³-hybridized carbons (Fsp3) is 0.714. The van der Waals surface area contributed by atoms with Gasteiger partial charge in [-0.15, -0.1) is 0 Å². The highest BCUT2D eigenvalue weighted by molar-refractivity contribution is 7.80. The third kappa shape index (κ3) is 14.2. The molecule has 0 aliphatic carbocycles. The molecule has 0 aliphatic rings. The molecule has 3 amide bonds. The summed E-state index contributed by atoms with van der Waals surface area (Å²) in [5.41, 5.74) is 26.9. The van der Waals surface area contributed by atoms with Crippen LogP contribution in [0.5, 0.6) is 0 Å². The number of carbonyl (C=O) groups excluding carboxylic acids is 3. The summed E-state index contributed by atoms with van der Waals surface area (Å²) in [7, 11) is 0. The van der Waals surface area contributed by atoms with Crippen LogP contribution in [0.25, 0.3) is 0 Å². The minimum atomic E-state index is -1.24. The van der Waals surface area contributed by atoms with Crippen LogP contribution in [0, 0.1) is 5.92 Å². The molecule has 0 saturated heterocycles. The Morgan fingerprint density at radius 3 is 1.76 bits per heavy atom. The Morgan fingerprint density at radius 2 is 1.32 bits per heavy atom. The first kappa shape index (κ1) is 33.7. The first-order chi connectivity index (χ1) is 17.3. The van der Waals surface area contributed by atoms with Gasteiger partial charge < -0.3 is 49.7 Å². The van der Waals surface area contributed by atoms with Crippen LogP contribution in [0.1, 0.15) is 46.0 Å². The number of aliphatic carboxylic acids is 1. The summed E-state index contributed by atoms with van der Waals surface area (Å²) in [6.07, 6.45) is 1.40. The minimum Gasteiger partial charge on any atom is -0.480 e. The van der Waals surface area contributed by atoms with Gasteiger partial charge in [-0.1, -0.05) is 20.3 Å². The number of hydrogen-bond donors (Lipinski definition) is 10. The molecule has 16 heteroatoms. The lowest BCUT2D eigenvalue weighted by Gasteiger charge is -2.28. The molecule has 0 aromatic carbocycles. The molecule has 0 radical (unpaired) electrons. The summed E-state index contributed by atoms with van der Waals surface area (Å²) in [5, 5.41) is 17.2. The average molecular weight is 547 g/mol. The van der Waals surface area contributed by atoms with Crippen LogP contribution in [-0.2, 0) is 19.2 Å². The molecule has 0 fully saturated rings. The largest absolute Gasteiger partial charge is 0.480 e. The van der Waals surface area contributed by atoms with Crippen LogP contribution in [-0.4, -0.2) is 83.7 Å². The lowest BCUT2D eigenvalue weighted by Crippen LogP contribution is -2.58. The van der Waals surface area contributed by atoms with Crippen molar-refractivity contribution in [1.29, 1.82) is 0 Å². The molecule has 0 aromatic rings. The first-order valence-corrected chi connectivity index (χ1v) is 12.6. The average Bonchev–Trinajstić information content (AvgIpc) is 2.84. The van der Waals surface area contributed by atoms with Crippen molar-refractivity contribution in [2.45, 2.75) is 70.1 Å². The predicted molar refractivity (Wildman–Crippen MR) is 145 cm³/mol. The molecule has 0 heterocycles. The van der Waals surface area contributed by atoms with Crippen molar-refractivity contribution < 1.29 is 24.3 Å². The van der Waals surface area contributed by atoms with Crippen molar-refractivity contribution in [2.24, 2.45) is 44.6 Å². The summed E-state index contributed by atoms with van der Waals surface area (Å²) in [4.78, 5) is 57.8. The van der Waals surface area contributed by atoms with Gasteiger partial charge in [-0.25, -0.2) is 4.79 Å². The number of nitrogens with one attached hydrogen (secondary N) is 3. The zero-order chi connectivity index (χ0) is 28.5. The number of carboxylic acids is 1. The molecule has 0 rings (SSSR count). The maximum Gasteiger partial charge on any atom is 0.326 e. The second kappa shape index (κ2) is 18.0. The summed E-state index contributed by atoms with van der Waals surface area (Å²) < 4.78 is 0. The number of rotatable bonds is 18. The van der Waals surface area contributed by atoms with E-state index in [-0.39, 0.29) is 49.5 Å². The Morgan fingerprint density at radius 1 is 0.838 bits per heavy atom. The third-order valence-corrected chi connectivity index (χ3v) is 5.86. The van der Waals surface area contributed by atoms with E-state index >= 15 is 0 Å². The zero-order valence-corrected chi connectivity index (χ0v) is 22.2. The van der Waals surface area contributed by atoms with Crippen molar-refractivity contribution in [2.75, 3.05) is 18.8 Å². The molecule has 37 heavy (non-hydrogen) atoms. The van der Waals surface area contributed by atoms with Crippen molar-refractivity contribution in [3.63, 3.8) is 0 Å². The van der Waals surface area contributed by atoms with E-state index < -0.39 is 47.9 Å². The molecule has 5 atom stereocenters. The Kier molecular flexibility index (Phi) is 16.5. The Labute approximate surface area is 222 Å². The van der Waals surface area contributed by atoms with E-state index in [0.29, 0.717) is 19.3 Å². The molecule has 0 spiro atoms. The molecular formula is C21H42N10O5S. The van der Waals surface area contributed by atoms with Gasteiger partial charge in [0.1, 0.15) is 18.1 Å². The van der Waals surface area contributed by atoms with Gasteiger partial charge in [0.25, 0.3) is 0 Å². The Hall–Kier alpha value is -3.27. The highest BCUT2D eigenvalue weighted by Gasteiger charge is 2.32. The smallest absolute Gasteiger partial charge is 0.326 e. The maximum absolute atomic E-state index is 13.1. The normalized spacial score (nSPS) is 14.7. The molecule has 0 saturated carbocycles. The van der Waals surface area contributed by atoms with E-state index in [4.69, 9.17) is 28.7 Å². The summed E-state index contributed by atoms with van der Waals surface area (Å²) in [6.45, 7) is 3.97. The Bertz CT molecular complexity index is 818. The molecule has 0 aromatic heterocycles. The number of aliphatic imine (C=N–C) groups is 2. The number of nitrogens with two attached hydrogens (primary N) is 5. The standard InChI is InChI=1S/C21H42N10O5S/c1-3-11(2)15(18(34)30-14(19(35)36)7-5-9-28-21(25)26)31-17(33)13(6-4-8-27-20(23)24)29-16(32)12(22)10-37/h11-15,37H,3-10,22H2,1-2H3,(H,29,32)(H,30,34)(H,31,33)(H,35,36)(H4,23,24,27)(H4,25,26,28). The van der Waals surface area contributed by atoms with E-state index in [1.54, 1.807) is 6.92 Å². The van der Waals surface area contributed by atoms with Gasteiger partial charge in [-0.05, 0) is 31.6 Å². The van der Waals surface area contributed by atoms with E-state index in [2.05, 4.69) is 38.6 Å². The summed E-state index contributed by atoms with van der Waals surface area (Å²) >= 11 is 4.00. The van der Waals surface area contributed by atoms with Crippen LogP contribution in [0.3, 0.4) is 0 Å². The maximum atomic E-state index is 13.1. The first-order valence-electron chi connectivity index (χ1n) is 11.9. The van der Waals surface area contributed by atoms with Gasteiger partial charge in [0.15, 0.2) is 11.9 Å². The number of nitrogens with zero attached hydrogens (tertiary/aromatic N) is 2. The predicted octanol–water partition coefficient (Wildman–Crippen LogP) is -3.06. The minimum absolute atomic E-state index is 0.0613. The molecule has 0 bridgehead atoms. The number of guanidine groups is 2. The number of hydrogen-bond acceptors (Lipinski definition) is 8. The van der Waals surface area contributed by atoms with Gasteiger partial charge in [0.05, 0.1) is 6.04 Å². The van der Waals surface area contributed by atoms with Crippen molar-refractivity contribution in [3.05, 3.63) is 0 Å². The molecular weight excluding hydrogens is 504 g/mol. The van der Waals surface area contributed by atoms with Gasteiger partial charge in [-0.3, -0.25) is 24.4 Å². The van der Waals surface area contributed by atoms with Gasteiger partial charge in [0, 0.05) is 18.8 Å². The van der Waals surface area contributed by atoms with Gasteiger partial charge in [-0.2, -0.15) is 12.6 Å². The fourth-order valence-corrected chi connectivity index (χ4v) is 3.28. The van der Waals surface area contributed by atoms with E-state index in [0.717, 1.165) is 0 Å². The van der Waals surface area contributed by atoms with Crippen molar-refractivity contribution in [3.8, 4) is 0 Å². The monoisotopic (exact) mass is 546 g/mol. The quantitative estimate of drug-likeness (QED) is 0.0358. The summed E-state index contributed by atoms with van der Waals surface area (Å²) in [6, 6.07) is -4.26. The van der Waals surface area contributed by atoms with Crippen molar-refractivity contribution in [1.82, 2.24) is 16.0 Å². The highest BCUT2D eigenvalue weighted by atomic mass is 32.1. The molecule has 212 valence electrons. The zero-order valence-electron chi connectivity index (χ0n) is 21.4. The van der Waals surface area contributed by atoms with E-state index in [1.807, 2.05) is 6.92 Å². The van der Waals surface area contributed by atoms with Gasteiger partial charge >= 0.3 is 5.97 Å². The molecule has 14 N–H and O–H groups in total. The summed E-state index contributed by atoms with van der Waals surface area (Å²) in [5.74, 6) is -3.65. The molecule has 15 nitrogen and oxygen atoms in total. The lowest BCUT2D eigenvalue weighted by atomic mass is 9.96. The van der Waals surface area contributed by atoms with Crippen molar-refractivity contribution >= 4 is 48.2 Å². The Balaban J connectivity index is 5.55. The second-order valence-corrected chi connectivity index (χ2v) is 8.88. The van der Waals surface area contributed by atoms with Crippen LogP contribution >= 0.6 is 12.6 Å². The number of carboxylic acid groups (broad SMARTS) is 1. The number of carbonyl (C=O) groups is 4. The van der Waals surface area contributed by atoms with Crippen LogP contribution in [0.2, 0.25) is 0 Å². The molecule has 0 aliphatic heterocycles. The number of thiol groups is 1. The SMILES string of the molecule is CCC(C)C(NC(=O)C(CCCN=C(N)N)NC(=O)C(N)CS)C(=O)NC(CCCN=C(N)N)C(=O)O. The van der Waals surface area contributed by atoms with Gasteiger partial charge in [0.2, 0.25) is 17.7 Å². The van der Waals surface area contributed by atoms with Crippen LogP contribution < -0.4 is 44.6 Å². The third-order valence-electron chi connectivity index (χ3n) is 5.46. The highest BCUT2D eigenvalue weighted by Crippen LogP contribution is 2.11. The molecule has 5 unspecified atom stereocenters. The van der Waals surface area contributed by atoms with Crippen LogP contribution in [0.15, 0.2) is 9.98 Å².